The van der Waals surface area contributed by atoms with E-state index in [4.69, 9.17) is 0 Å². The Kier molecular flexibility index (Phi) is 4.18. The maximum absolute atomic E-state index is 12.0. The van der Waals surface area contributed by atoms with Gasteiger partial charge in [0.2, 0.25) is 5.91 Å². The highest BCUT2D eigenvalue weighted by molar-refractivity contribution is 5.78. The van der Waals surface area contributed by atoms with Gasteiger partial charge in [-0.2, -0.15) is 0 Å². The zero-order valence-electron chi connectivity index (χ0n) is 10.3. The van der Waals surface area contributed by atoms with Crippen LogP contribution in [0.5, 0.6) is 0 Å². The lowest BCUT2D eigenvalue weighted by atomic mass is 10.3. The van der Waals surface area contributed by atoms with Crippen molar-refractivity contribution >= 4 is 5.91 Å². The first-order valence-electron chi connectivity index (χ1n) is 6.52. The molecule has 0 N–H and O–H groups in total. The lowest BCUT2D eigenvalue weighted by Gasteiger charge is -2.34. The van der Waals surface area contributed by atoms with Crippen LogP contribution < -0.4 is 0 Å². The van der Waals surface area contributed by atoms with Crippen molar-refractivity contribution < 1.29 is 4.79 Å². The Morgan fingerprint density at radius 3 is 2.12 bits per heavy atom. The molecule has 0 atom stereocenters. The van der Waals surface area contributed by atoms with Crippen LogP contribution in [-0.4, -0.2) is 73.0 Å². The molecule has 1 amide bonds. The monoisotopic (exact) mass is 225 g/mol. The minimum atomic E-state index is 0.331. The number of piperazine rings is 1. The molecule has 4 heteroatoms. The third-order valence-electron chi connectivity index (χ3n) is 3.73. The van der Waals surface area contributed by atoms with Gasteiger partial charge in [0.1, 0.15) is 0 Å². The van der Waals surface area contributed by atoms with E-state index in [9.17, 15) is 4.79 Å². The topological polar surface area (TPSA) is 26.8 Å². The SMILES string of the molecule is CCN1CCN(C(=O)CN2CCCC2)CC1. The van der Waals surface area contributed by atoms with E-state index in [-0.39, 0.29) is 0 Å². The second-order valence-electron chi connectivity index (χ2n) is 4.80. The van der Waals surface area contributed by atoms with Crippen molar-refractivity contribution in [1.82, 2.24) is 14.7 Å². The van der Waals surface area contributed by atoms with Crippen LogP contribution in [0.2, 0.25) is 0 Å². The first kappa shape index (κ1) is 11.9. The predicted octanol–water partition coefficient (Wildman–Crippen LogP) is 0.246. The zero-order chi connectivity index (χ0) is 11.4. The first-order valence-corrected chi connectivity index (χ1v) is 6.52. The van der Waals surface area contributed by atoms with Gasteiger partial charge in [-0.1, -0.05) is 6.92 Å². The van der Waals surface area contributed by atoms with E-state index in [0.717, 1.165) is 45.8 Å². The number of carbonyl (C=O) groups is 1. The molecule has 0 spiro atoms. The lowest BCUT2D eigenvalue weighted by molar-refractivity contribution is -0.133. The second kappa shape index (κ2) is 5.64. The number of rotatable bonds is 3. The summed E-state index contributed by atoms with van der Waals surface area (Å²) in [5, 5.41) is 0. The third-order valence-corrected chi connectivity index (χ3v) is 3.73. The Hall–Kier alpha value is -0.610. The average molecular weight is 225 g/mol. The summed E-state index contributed by atoms with van der Waals surface area (Å²) in [6.07, 6.45) is 2.52. The standard InChI is InChI=1S/C12H23N3O/c1-2-13-7-9-15(10-8-13)12(16)11-14-5-3-4-6-14/h2-11H2,1H3. The quantitative estimate of drug-likeness (QED) is 0.689. The summed E-state index contributed by atoms with van der Waals surface area (Å²) in [5.41, 5.74) is 0. The fourth-order valence-electron chi connectivity index (χ4n) is 2.55. The molecule has 0 saturated carbocycles. The molecule has 4 nitrogen and oxygen atoms in total. The summed E-state index contributed by atoms with van der Waals surface area (Å²) in [6, 6.07) is 0. The molecule has 2 saturated heterocycles. The Balaban J connectivity index is 1.73. The summed E-state index contributed by atoms with van der Waals surface area (Å²) >= 11 is 0. The van der Waals surface area contributed by atoms with Crippen LogP contribution in [0, 0.1) is 0 Å². The highest BCUT2D eigenvalue weighted by atomic mass is 16.2. The molecule has 2 aliphatic heterocycles. The maximum atomic E-state index is 12.0. The van der Waals surface area contributed by atoms with Gasteiger partial charge in [-0.05, 0) is 32.5 Å². The van der Waals surface area contributed by atoms with Crippen LogP contribution in [0.15, 0.2) is 0 Å². The van der Waals surface area contributed by atoms with Gasteiger partial charge in [-0.3, -0.25) is 9.69 Å². The minimum Gasteiger partial charge on any atom is -0.339 e. The summed E-state index contributed by atoms with van der Waals surface area (Å²) in [5.74, 6) is 0.331. The second-order valence-corrected chi connectivity index (χ2v) is 4.80. The molecule has 2 aliphatic rings. The number of carbonyl (C=O) groups excluding carboxylic acids is 1. The molecule has 0 radical (unpaired) electrons. The van der Waals surface area contributed by atoms with Gasteiger partial charge < -0.3 is 9.80 Å². The van der Waals surface area contributed by atoms with Gasteiger partial charge in [0.15, 0.2) is 0 Å². The van der Waals surface area contributed by atoms with Crippen molar-refractivity contribution in [1.29, 1.82) is 0 Å². The van der Waals surface area contributed by atoms with Crippen LogP contribution in [0.1, 0.15) is 19.8 Å². The molecule has 0 aliphatic carbocycles. The van der Waals surface area contributed by atoms with E-state index in [1.807, 2.05) is 4.90 Å². The van der Waals surface area contributed by atoms with Crippen molar-refractivity contribution in [3.8, 4) is 0 Å². The van der Waals surface area contributed by atoms with Gasteiger partial charge >= 0.3 is 0 Å². The van der Waals surface area contributed by atoms with Gasteiger partial charge in [-0.15, -0.1) is 0 Å². The summed E-state index contributed by atoms with van der Waals surface area (Å²) in [7, 11) is 0. The first-order chi connectivity index (χ1) is 7.79. The maximum Gasteiger partial charge on any atom is 0.236 e. The molecular formula is C12H23N3O. The Labute approximate surface area is 98.2 Å². The number of hydrogen-bond acceptors (Lipinski definition) is 3. The van der Waals surface area contributed by atoms with Crippen LogP contribution >= 0.6 is 0 Å². The predicted molar refractivity (Wildman–Crippen MR) is 64.4 cm³/mol. The van der Waals surface area contributed by atoms with E-state index >= 15 is 0 Å². The van der Waals surface area contributed by atoms with Crippen molar-refractivity contribution in [3.05, 3.63) is 0 Å². The largest absolute Gasteiger partial charge is 0.339 e. The van der Waals surface area contributed by atoms with Gasteiger partial charge in [0, 0.05) is 26.2 Å². The molecule has 2 heterocycles. The number of hydrogen-bond donors (Lipinski definition) is 0. The Morgan fingerprint density at radius 1 is 0.938 bits per heavy atom. The van der Waals surface area contributed by atoms with Crippen molar-refractivity contribution in [3.63, 3.8) is 0 Å². The summed E-state index contributed by atoms with van der Waals surface area (Å²) in [4.78, 5) is 18.7. The summed E-state index contributed by atoms with van der Waals surface area (Å²) < 4.78 is 0. The molecule has 16 heavy (non-hydrogen) atoms. The van der Waals surface area contributed by atoms with Crippen molar-refractivity contribution in [2.24, 2.45) is 0 Å². The molecule has 2 rings (SSSR count). The van der Waals surface area contributed by atoms with Crippen molar-refractivity contribution in [2.75, 3.05) is 52.4 Å². The van der Waals surface area contributed by atoms with Crippen molar-refractivity contribution in [2.45, 2.75) is 19.8 Å². The molecule has 0 aromatic rings. The molecule has 2 fully saturated rings. The van der Waals surface area contributed by atoms with E-state index in [2.05, 4.69) is 16.7 Å². The van der Waals surface area contributed by atoms with E-state index in [0.29, 0.717) is 12.5 Å². The number of amides is 1. The molecule has 92 valence electrons. The van der Waals surface area contributed by atoms with E-state index in [1.165, 1.54) is 12.8 Å². The van der Waals surface area contributed by atoms with Crippen LogP contribution in [0.25, 0.3) is 0 Å². The van der Waals surface area contributed by atoms with Gasteiger partial charge in [0.25, 0.3) is 0 Å². The Bertz CT molecular complexity index is 230. The zero-order valence-corrected chi connectivity index (χ0v) is 10.3. The summed E-state index contributed by atoms with van der Waals surface area (Å²) in [6.45, 7) is 10.1. The highest BCUT2D eigenvalue weighted by Gasteiger charge is 2.22. The van der Waals surface area contributed by atoms with E-state index in [1.54, 1.807) is 0 Å². The smallest absolute Gasteiger partial charge is 0.236 e. The van der Waals surface area contributed by atoms with Gasteiger partial charge in [-0.25, -0.2) is 0 Å². The fourth-order valence-corrected chi connectivity index (χ4v) is 2.55. The highest BCUT2D eigenvalue weighted by Crippen LogP contribution is 2.08. The van der Waals surface area contributed by atoms with Crippen LogP contribution in [-0.2, 0) is 4.79 Å². The number of likely N-dealkylation sites (N-methyl/N-ethyl adjacent to an activating group) is 1. The number of nitrogens with zero attached hydrogens (tertiary/aromatic N) is 3. The Morgan fingerprint density at radius 2 is 1.56 bits per heavy atom. The normalized spacial score (nSPS) is 23.9. The van der Waals surface area contributed by atoms with Gasteiger partial charge in [0.05, 0.1) is 6.54 Å². The lowest BCUT2D eigenvalue weighted by Crippen LogP contribution is -2.50. The molecule has 0 bridgehead atoms. The average Bonchev–Trinajstić information content (AvgIpc) is 2.82. The van der Waals surface area contributed by atoms with E-state index < -0.39 is 0 Å². The molecular weight excluding hydrogens is 202 g/mol. The fraction of sp³-hybridized carbons (Fsp3) is 0.917. The van der Waals surface area contributed by atoms with Crippen LogP contribution in [0.3, 0.4) is 0 Å². The molecule has 0 aromatic carbocycles. The molecule has 0 unspecified atom stereocenters. The minimum absolute atomic E-state index is 0.331. The number of likely N-dealkylation sites (tertiary alicyclic amines) is 1. The molecule has 0 aromatic heterocycles. The van der Waals surface area contributed by atoms with Crippen LogP contribution in [0.4, 0.5) is 0 Å². The third kappa shape index (κ3) is 2.95.